The highest BCUT2D eigenvalue weighted by molar-refractivity contribution is 14.0. The highest BCUT2D eigenvalue weighted by Gasteiger charge is 2.21. The topological polar surface area (TPSA) is 49.3 Å². The summed E-state index contributed by atoms with van der Waals surface area (Å²) in [7, 11) is 3.59. The van der Waals surface area contributed by atoms with Crippen molar-refractivity contribution in [3.05, 3.63) is 42.0 Å². The Morgan fingerprint density at radius 1 is 1.10 bits per heavy atom. The lowest BCUT2D eigenvalue weighted by atomic mass is 10.1. The highest BCUT2D eigenvalue weighted by Crippen LogP contribution is 2.18. The van der Waals surface area contributed by atoms with Crippen molar-refractivity contribution in [2.45, 2.75) is 31.9 Å². The van der Waals surface area contributed by atoms with Crippen molar-refractivity contribution in [2.24, 2.45) is 4.99 Å². The van der Waals surface area contributed by atoms with Gasteiger partial charge in [-0.15, -0.1) is 24.0 Å². The van der Waals surface area contributed by atoms with E-state index in [9.17, 15) is 0 Å². The van der Waals surface area contributed by atoms with Gasteiger partial charge in [0.05, 0.1) is 6.10 Å². The molecule has 0 bridgehead atoms. The van der Waals surface area contributed by atoms with Gasteiger partial charge in [0.1, 0.15) is 0 Å². The quantitative estimate of drug-likeness (QED) is 0.190. The van der Waals surface area contributed by atoms with Crippen molar-refractivity contribution in [1.82, 2.24) is 10.2 Å². The molecule has 0 amide bonds. The number of nitrogens with one attached hydrogen (secondary N) is 1. The zero-order valence-electron chi connectivity index (χ0n) is 17.7. The van der Waals surface area contributed by atoms with Crippen LogP contribution < -0.4 is 10.2 Å². The maximum atomic E-state index is 5.95. The van der Waals surface area contributed by atoms with Crippen LogP contribution in [0.5, 0.6) is 0 Å². The third-order valence-corrected chi connectivity index (χ3v) is 5.37. The normalized spacial score (nSPS) is 17.5. The Hall–Kier alpha value is -1.32. The Morgan fingerprint density at radius 3 is 2.41 bits per heavy atom. The van der Waals surface area contributed by atoms with Crippen LogP contribution in [-0.2, 0) is 16.0 Å². The molecule has 2 aliphatic rings. The first kappa shape index (κ1) is 24.0. The first-order valence-corrected chi connectivity index (χ1v) is 10.3. The number of halogens is 1. The van der Waals surface area contributed by atoms with E-state index in [1.165, 1.54) is 11.3 Å². The van der Waals surface area contributed by atoms with E-state index in [1.54, 1.807) is 7.11 Å². The molecule has 162 valence electrons. The molecule has 2 heterocycles. The molecular formula is C22H35IN4O2. The van der Waals surface area contributed by atoms with Gasteiger partial charge in [0, 0.05) is 65.8 Å². The van der Waals surface area contributed by atoms with Gasteiger partial charge in [0.25, 0.3) is 0 Å². The van der Waals surface area contributed by atoms with Gasteiger partial charge >= 0.3 is 0 Å². The van der Waals surface area contributed by atoms with Gasteiger partial charge in [-0.1, -0.05) is 24.3 Å². The van der Waals surface area contributed by atoms with Crippen molar-refractivity contribution >= 4 is 35.6 Å². The monoisotopic (exact) mass is 514 g/mol. The van der Waals surface area contributed by atoms with Crippen LogP contribution in [0.4, 0.5) is 5.69 Å². The standard InChI is InChI=1S/C22H34N4O2.HI/c1-23-22(26-14-10-21(11-15-26)28-17-5-16-27-2)24-18-19-6-8-20(9-7-19)25-12-3-4-13-25;/h3-4,6-9,21H,5,10-18H2,1-2H3,(H,23,24);1H. The molecule has 1 saturated heterocycles. The second-order valence-electron chi connectivity index (χ2n) is 7.35. The van der Waals surface area contributed by atoms with Crippen LogP contribution in [0.2, 0.25) is 0 Å². The third kappa shape index (κ3) is 7.46. The summed E-state index contributed by atoms with van der Waals surface area (Å²) in [6, 6.07) is 8.82. The van der Waals surface area contributed by atoms with Crippen molar-refractivity contribution in [3.8, 4) is 0 Å². The number of anilines is 1. The molecule has 0 unspecified atom stereocenters. The summed E-state index contributed by atoms with van der Waals surface area (Å²) in [6.07, 6.45) is 7.85. The number of nitrogens with zero attached hydrogens (tertiary/aromatic N) is 3. The second-order valence-corrected chi connectivity index (χ2v) is 7.35. The number of hydrogen-bond donors (Lipinski definition) is 1. The van der Waals surface area contributed by atoms with Crippen LogP contribution in [0.25, 0.3) is 0 Å². The lowest BCUT2D eigenvalue weighted by Crippen LogP contribution is -2.46. The molecule has 0 saturated carbocycles. The van der Waals surface area contributed by atoms with E-state index in [4.69, 9.17) is 9.47 Å². The van der Waals surface area contributed by atoms with Crippen molar-refractivity contribution in [1.29, 1.82) is 0 Å². The highest BCUT2D eigenvalue weighted by atomic mass is 127. The Morgan fingerprint density at radius 2 is 1.79 bits per heavy atom. The summed E-state index contributed by atoms with van der Waals surface area (Å²) < 4.78 is 11.0. The number of methoxy groups -OCH3 is 1. The van der Waals surface area contributed by atoms with Crippen molar-refractivity contribution in [3.63, 3.8) is 0 Å². The average Bonchev–Trinajstić information content (AvgIpc) is 3.28. The summed E-state index contributed by atoms with van der Waals surface area (Å²) in [6.45, 7) is 6.33. The van der Waals surface area contributed by atoms with E-state index < -0.39 is 0 Å². The lowest BCUT2D eigenvalue weighted by Gasteiger charge is -2.34. The van der Waals surface area contributed by atoms with Gasteiger partial charge in [-0.3, -0.25) is 4.99 Å². The van der Waals surface area contributed by atoms with E-state index in [0.717, 1.165) is 71.2 Å². The smallest absolute Gasteiger partial charge is 0.193 e. The molecule has 3 rings (SSSR count). The number of hydrogen-bond acceptors (Lipinski definition) is 4. The number of guanidine groups is 1. The van der Waals surface area contributed by atoms with Crippen LogP contribution in [0, 0.1) is 0 Å². The maximum Gasteiger partial charge on any atom is 0.193 e. The number of rotatable bonds is 8. The molecule has 0 spiro atoms. The maximum absolute atomic E-state index is 5.95. The lowest BCUT2D eigenvalue weighted by molar-refractivity contribution is 0.00989. The zero-order chi connectivity index (χ0) is 19.6. The minimum Gasteiger partial charge on any atom is -0.385 e. The van der Waals surface area contributed by atoms with Gasteiger partial charge in [-0.05, 0) is 37.0 Å². The molecule has 1 aromatic carbocycles. The minimum atomic E-state index is 0. The van der Waals surface area contributed by atoms with Crippen LogP contribution in [0.1, 0.15) is 24.8 Å². The molecule has 0 aromatic heterocycles. The number of likely N-dealkylation sites (tertiary alicyclic amines) is 1. The SMILES string of the molecule is CN=C(NCc1ccc(N2CC=CC2)cc1)N1CCC(OCCCOC)CC1.I. The molecule has 0 atom stereocenters. The number of piperidine rings is 1. The average molecular weight is 514 g/mol. The molecule has 2 aliphatic heterocycles. The molecule has 1 N–H and O–H groups in total. The van der Waals surface area contributed by atoms with E-state index >= 15 is 0 Å². The summed E-state index contributed by atoms with van der Waals surface area (Å²) >= 11 is 0. The van der Waals surface area contributed by atoms with Gasteiger partial charge < -0.3 is 24.6 Å². The number of ether oxygens (including phenoxy) is 2. The van der Waals surface area contributed by atoms with E-state index in [-0.39, 0.29) is 24.0 Å². The summed E-state index contributed by atoms with van der Waals surface area (Å²) in [5.41, 5.74) is 2.55. The molecule has 1 fully saturated rings. The molecular weight excluding hydrogens is 479 g/mol. The Bertz CT molecular complexity index is 635. The van der Waals surface area contributed by atoms with Gasteiger partial charge in [0.2, 0.25) is 0 Å². The second kappa shape index (κ2) is 13.1. The van der Waals surface area contributed by atoms with Gasteiger partial charge in [0.15, 0.2) is 5.96 Å². The number of aliphatic imine (C=N–C) groups is 1. The van der Waals surface area contributed by atoms with Crippen LogP contribution in [0.15, 0.2) is 41.4 Å². The summed E-state index contributed by atoms with van der Waals surface area (Å²) in [4.78, 5) is 9.17. The molecule has 1 aromatic rings. The molecule has 0 aliphatic carbocycles. The fourth-order valence-electron chi connectivity index (χ4n) is 3.71. The van der Waals surface area contributed by atoms with E-state index in [2.05, 4.69) is 56.5 Å². The third-order valence-electron chi connectivity index (χ3n) is 5.37. The summed E-state index contributed by atoms with van der Waals surface area (Å²) in [5, 5.41) is 3.51. The summed E-state index contributed by atoms with van der Waals surface area (Å²) in [5.74, 6) is 0.977. The van der Waals surface area contributed by atoms with E-state index in [0.29, 0.717) is 6.10 Å². The van der Waals surface area contributed by atoms with Crippen molar-refractivity contribution in [2.75, 3.05) is 58.5 Å². The zero-order valence-corrected chi connectivity index (χ0v) is 20.0. The molecule has 29 heavy (non-hydrogen) atoms. The Labute approximate surface area is 192 Å². The first-order valence-electron chi connectivity index (χ1n) is 10.3. The molecule has 6 nitrogen and oxygen atoms in total. The van der Waals surface area contributed by atoms with Crippen molar-refractivity contribution < 1.29 is 9.47 Å². The van der Waals surface area contributed by atoms with Crippen LogP contribution in [-0.4, -0.2) is 70.5 Å². The Kier molecular flexibility index (Phi) is 10.8. The Balaban J connectivity index is 0.00000300. The molecule has 0 radical (unpaired) electrons. The number of benzene rings is 1. The largest absolute Gasteiger partial charge is 0.385 e. The fourth-order valence-corrected chi connectivity index (χ4v) is 3.71. The minimum absolute atomic E-state index is 0. The predicted octanol–water partition coefficient (Wildman–Crippen LogP) is 3.27. The van der Waals surface area contributed by atoms with Gasteiger partial charge in [-0.25, -0.2) is 0 Å². The van der Waals surface area contributed by atoms with E-state index in [1.807, 2.05) is 7.05 Å². The fraction of sp³-hybridized carbons (Fsp3) is 0.591. The molecule has 7 heteroatoms. The van der Waals surface area contributed by atoms with Gasteiger partial charge in [-0.2, -0.15) is 0 Å². The first-order chi connectivity index (χ1) is 13.8. The predicted molar refractivity (Wildman–Crippen MR) is 130 cm³/mol. The van der Waals surface area contributed by atoms with Crippen LogP contribution in [0.3, 0.4) is 0 Å². The van der Waals surface area contributed by atoms with Crippen LogP contribution >= 0.6 is 24.0 Å².